The fourth-order valence-electron chi connectivity index (χ4n) is 3.73. The van der Waals surface area contributed by atoms with E-state index in [4.69, 9.17) is 0 Å². The van der Waals surface area contributed by atoms with E-state index in [2.05, 4.69) is 25.9 Å². The number of pyridine rings is 3. The molecule has 1 N–H and O–H groups in total. The molecule has 3 aromatic heterocycles. The zero-order chi connectivity index (χ0) is 23.0. The summed E-state index contributed by atoms with van der Waals surface area (Å²) in [5, 5.41) is 9.27. The quantitative estimate of drug-likeness (QED) is 0.331. The van der Waals surface area contributed by atoms with Gasteiger partial charge in [0.15, 0.2) is 5.69 Å². The molecule has 176 valence electrons. The summed E-state index contributed by atoms with van der Waals surface area (Å²) in [6.07, 6.45) is 2.00. The molecule has 1 aliphatic heterocycles. The molecule has 4 heterocycles. The molecular formula is C23H20F3N4O2Pt-. The van der Waals surface area contributed by atoms with Gasteiger partial charge in [-0.1, -0.05) is 17.7 Å². The number of aromatic nitrogens is 3. The van der Waals surface area contributed by atoms with Gasteiger partial charge in [-0.05, 0) is 44.5 Å². The Kier molecular flexibility index (Phi) is 7.22. The molecule has 0 spiro atoms. The predicted molar refractivity (Wildman–Crippen MR) is 111 cm³/mol. The second kappa shape index (κ2) is 9.59. The van der Waals surface area contributed by atoms with Crippen molar-refractivity contribution < 1.29 is 44.1 Å². The van der Waals surface area contributed by atoms with Crippen molar-refractivity contribution in [3.63, 3.8) is 0 Å². The van der Waals surface area contributed by atoms with Gasteiger partial charge in [-0.3, -0.25) is 4.98 Å². The molecule has 0 amide bonds. The Morgan fingerprint density at radius 3 is 2.33 bits per heavy atom. The van der Waals surface area contributed by atoms with Crippen molar-refractivity contribution in [2.75, 3.05) is 18.0 Å². The van der Waals surface area contributed by atoms with Crippen LogP contribution >= 0.6 is 0 Å². The Morgan fingerprint density at radius 1 is 1.03 bits per heavy atom. The van der Waals surface area contributed by atoms with Gasteiger partial charge in [0, 0.05) is 57.0 Å². The van der Waals surface area contributed by atoms with E-state index < -0.39 is 34.8 Å². The van der Waals surface area contributed by atoms with Crippen LogP contribution in [0.5, 0.6) is 0 Å². The zero-order valence-corrected chi connectivity index (χ0v) is 20.1. The molecule has 0 aliphatic carbocycles. The molecule has 1 saturated heterocycles. The molecule has 1 fully saturated rings. The third-order valence-electron chi connectivity index (χ3n) is 5.57. The fraction of sp³-hybridized carbons (Fsp3) is 0.304. The van der Waals surface area contributed by atoms with Gasteiger partial charge in [-0.25, -0.2) is 22.9 Å². The number of carboxylic acids is 1. The summed E-state index contributed by atoms with van der Waals surface area (Å²) >= 11 is 0. The van der Waals surface area contributed by atoms with Gasteiger partial charge in [0.2, 0.25) is 0 Å². The second-order valence-corrected chi connectivity index (χ2v) is 8.16. The van der Waals surface area contributed by atoms with Crippen LogP contribution in [0.1, 0.15) is 48.6 Å². The number of aromatic carboxylic acids is 1. The number of carbonyl (C=O) groups is 1. The number of hydrogen-bond donors (Lipinski definition) is 1. The van der Waals surface area contributed by atoms with Crippen LogP contribution in [0.2, 0.25) is 0 Å². The van der Waals surface area contributed by atoms with Crippen molar-refractivity contribution in [1.29, 1.82) is 0 Å². The Labute approximate surface area is 203 Å². The molecule has 0 bridgehead atoms. The van der Waals surface area contributed by atoms with Crippen LogP contribution in [0.15, 0.2) is 30.3 Å². The Morgan fingerprint density at radius 2 is 1.70 bits per heavy atom. The summed E-state index contributed by atoms with van der Waals surface area (Å²) < 4.78 is 41.9. The summed E-state index contributed by atoms with van der Waals surface area (Å²) in [6.45, 7) is 5.06. The second-order valence-electron chi connectivity index (χ2n) is 8.16. The van der Waals surface area contributed by atoms with Crippen molar-refractivity contribution in [2.24, 2.45) is 0 Å². The van der Waals surface area contributed by atoms with Gasteiger partial charge < -0.3 is 15.0 Å². The van der Waals surface area contributed by atoms with Gasteiger partial charge in [-0.2, -0.15) is 0 Å². The molecule has 33 heavy (non-hydrogen) atoms. The molecule has 0 aromatic carbocycles. The molecule has 10 heteroatoms. The first-order valence-electron chi connectivity index (χ1n) is 10.1. The fourth-order valence-corrected chi connectivity index (χ4v) is 3.73. The predicted octanol–water partition coefficient (Wildman–Crippen LogP) is 4.38. The first kappa shape index (κ1) is 24.8. The maximum atomic E-state index is 14.4. The van der Waals surface area contributed by atoms with Gasteiger partial charge in [0.05, 0.1) is 5.69 Å². The number of rotatable bonds is 5. The zero-order valence-electron chi connectivity index (χ0n) is 17.8. The molecule has 0 saturated carbocycles. The van der Waals surface area contributed by atoms with Crippen LogP contribution < -0.4 is 4.90 Å². The average molecular weight is 637 g/mol. The summed E-state index contributed by atoms with van der Waals surface area (Å²) in [6, 6.07) is 8.96. The van der Waals surface area contributed by atoms with Gasteiger partial charge in [0.25, 0.3) is 0 Å². The van der Waals surface area contributed by atoms with Gasteiger partial charge >= 0.3 is 5.97 Å². The maximum absolute atomic E-state index is 14.4. The van der Waals surface area contributed by atoms with Gasteiger partial charge in [0.1, 0.15) is 17.7 Å². The van der Waals surface area contributed by atoms with Crippen LogP contribution in [0.3, 0.4) is 0 Å². The number of hydrogen-bond acceptors (Lipinski definition) is 5. The summed E-state index contributed by atoms with van der Waals surface area (Å²) in [5.74, 6) is -4.13. The molecule has 1 aliphatic rings. The Balaban J connectivity index is 0.00000306. The standard InChI is InChI=1S/C23H20F3N4O2.Pt/c1-23(2,18-10-13(24)9-17(28-18)22(31)32)19-12-14(30-7-3-4-8-30)11-16(27-19)15-5-6-20(25)29-21(15)26;/h6,9-12H,3-4,7-8H2,1-2H3,(H,31,32);/q-1;. The Bertz CT molecular complexity index is 1200. The van der Waals surface area contributed by atoms with Crippen LogP contribution in [-0.4, -0.2) is 39.1 Å². The minimum Gasteiger partial charge on any atom is -0.477 e. The van der Waals surface area contributed by atoms with Crippen LogP contribution in [0, 0.1) is 23.8 Å². The van der Waals surface area contributed by atoms with Crippen molar-refractivity contribution in [1.82, 2.24) is 15.0 Å². The number of anilines is 1. The Hall–Kier alpha value is -2.80. The van der Waals surface area contributed by atoms with E-state index in [1.807, 2.05) is 0 Å². The van der Waals surface area contributed by atoms with E-state index in [1.165, 1.54) is 0 Å². The first-order valence-corrected chi connectivity index (χ1v) is 10.1. The third kappa shape index (κ3) is 5.08. The molecule has 4 rings (SSSR count). The van der Waals surface area contributed by atoms with Gasteiger partial charge in [-0.15, -0.1) is 6.07 Å². The molecular weight excluding hydrogens is 616 g/mol. The number of halogens is 3. The van der Waals surface area contributed by atoms with E-state index in [-0.39, 0.29) is 38.0 Å². The monoisotopic (exact) mass is 636 g/mol. The normalized spacial score (nSPS) is 13.7. The van der Waals surface area contributed by atoms with Crippen LogP contribution in [0.4, 0.5) is 18.9 Å². The van der Waals surface area contributed by atoms with E-state index in [1.54, 1.807) is 26.0 Å². The molecule has 0 unspecified atom stereocenters. The minimum atomic E-state index is -1.35. The van der Waals surface area contributed by atoms with Crippen molar-refractivity contribution in [3.05, 3.63) is 71.2 Å². The maximum Gasteiger partial charge on any atom is 0.354 e. The van der Waals surface area contributed by atoms with E-state index in [0.717, 1.165) is 49.8 Å². The van der Waals surface area contributed by atoms with Crippen molar-refractivity contribution >= 4 is 11.7 Å². The molecule has 3 aromatic rings. The summed E-state index contributed by atoms with van der Waals surface area (Å²) in [4.78, 5) is 25.4. The minimum absolute atomic E-state index is 0. The first-order chi connectivity index (χ1) is 15.1. The van der Waals surface area contributed by atoms with Crippen LogP contribution in [0.25, 0.3) is 11.3 Å². The SMILES string of the molecule is CC(C)(c1cc(F)cc(C(=O)O)n1)c1cc(N2CCCC2)cc(-c2[c-]cc(F)nc2F)n1.[Pt]. The smallest absolute Gasteiger partial charge is 0.354 e. The van der Waals surface area contributed by atoms with Crippen LogP contribution in [-0.2, 0) is 26.5 Å². The average Bonchev–Trinajstić information content (AvgIpc) is 3.28. The largest absolute Gasteiger partial charge is 0.477 e. The van der Waals surface area contributed by atoms with E-state index in [9.17, 15) is 23.1 Å². The topological polar surface area (TPSA) is 79.2 Å². The molecule has 0 radical (unpaired) electrons. The molecule has 0 atom stereocenters. The third-order valence-corrected chi connectivity index (χ3v) is 5.57. The summed E-state index contributed by atoms with van der Waals surface area (Å²) in [5.41, 5.74) is -0.00762. The summed E-state index contributed by atoms with van der Waals surface area (Å²) in [7, 11) is 0. The van der Waals surface area contributed by atoms with Crippen molar-refractivity contribution in [3.8, 4) is 11.3 Å². The number of nitrogens with zero attached hydrogens (tertiary/aromatic N) is 4. The number of carboxylic acid groups (broad SMARTS) is 1. The molecule has 6 nitrogen and oxygen atoms in total. The van der Waals surface area contributed by atoms with E-state index in [0.29, 0.717) is 5.69 Å². The van der Waals surface area contributed by atoms with E-state index >= 15 is 0 Å². The van der Waals surface area contributed by atoms with Crippen molar-refractivity contribution in [2.45, 2.75) is 32.1 Å².